The Kier molecular flexibility index (Phi) is 1.96. The first-order valence-corrected chi connectivity index (χ1v) is 4.25. The summed E-state index contributed by atoms with van der Waals surface area (Å²) in [5.74, 6) is 0.605. The molecular weight excluding hydrogens is 180 g/mol. The van der Waals surface area contributed by atoms with Crippen LogP contribution in [0.3, 0.4) is 0 Å². The topological polar surface area (TPSA) is 43.6 Å². The van der Waals surface area contributed by atoms with Gasteiger partial charge >= 0.3 is 0 Å². The Hall–Kier alpha value is -1.84. The molecule has 2 aromatic heterocycles. The van der Waals surface area contributed by atoms with Gasteiger partial charge in [0.25, 0.3) is 5.56 Å². The van der Waals surface area contributed by atoms with Crippen LogP contribution in [0.15, 0.2) is 29.2 Å². The highest BCUT2D eigenvalue weighted by molar-refractivity contribution is 5.53. The summed E-state index contributed by atoms with van der Waals surface area (Å²) in [5.41, 5.74) is 1.16. The SMILES string of the molecule is COc1cccn2c(=O)cc(C)nc12. The van der Waals surface area contributed by atoms with Crippen molar-refractivity contribution in [1.82, 2.24) is 9.38 Å². The van der Waals surface area contributed by atoms with Gasteiger partial charge in [0.15, 0.2) is 11.4 Å². The predicted molar refractivity (Wildman–Crippen MR) is 52.8 cm³/mol. The molecule has 2 heterocycles. The van der Waals surface area contributed by atoms with E-state index in [1.165, 1.54) is 10.5 Å². The molecule has 0 aliphatic heterocycles. The summed E-state index contributed by atoms with van der Waals surface area (Å²) in [5, 5.41) is 0. The van der Waals surface area contributed by atoms with Crippen LogP contribution < -0.4 is 10.3 Å². The first-order valence-electron chi connectivity index (χ1n) is 4.25. The fourth-order valence-electron chi connectivity index (χ4n) is 1.37. The van der Waals surface area contributed by atoms with Gasteiger partial charge in [-0.05, 0) is 19.1 Å². The van der Waals surface area contributed by atoms with Gasteiger partial charge in [0.1, 0.15) is 0 Å². The van der Waals surface area contributed by atoms with Gasteiger partial charge in [-0.25, -0.2) is 4.98 Å². The summed E-state index contributed by atoms with van der Waals surface area (Å²) in [6, 6.07) is 5.03. The van der Waals surface area contributed by atoms with Crippen LogP contribution >= 0.6 is 0 Å². The van der Waals surface area contributed by atoms with Crippen LogP contribution in [0.1, 0.15) is 5.69 Å². The van der Waals surface area contributed by atoms with Crippen molar-refractivity contribution in [1.29, 1.82) is 0 Å². The number of aromatic nitrogens is 2. The average molecular weight is 190 g/mol. The number of aryl methyl sites for hydroxylation is 1. The monoisotopic (exact) mass is 190 g/mol. The van der Waals surface area contributed by atoms with Gasteiger partial charge in [0.2, 0.25) is 0 Å². The molecule has 0 unspecified atom stereocenters. The van der Waals surface area contributed by atoms with E-state index in [0.717, 1.165) is 0 Å². The quantitative estimate of drug-likeness (QED) is 0.674. The van der Waals surface area contributed by atoms with Crippen LogP contribution in [0.5, 0.6) is 5.75 Å². The summed E-state index contributed by atoms with van der Waals surface area (Å²) in [6.07, 6.45) is 1.67. The lowest BCUT2D eigenvalue weighted by molar-refractivity contribution is 0.416. The normalized spacial score (nSPS) is 10.4. The number of pyridine rings is 1. The van der Waals surface area contributed by atoms with Crippen LogP contribution in [0.2, 0.25) is 0 Å². The number of hydrogen-bond acceptors (Lipinski definition) is 3. The molecule has 0 saturated heterocycles. The van der Waals surface area contributed by atoms with E-state index in [-0.39, 0.29) is 5.56 Å². The van der Waals surface area contributed by atoms with E-state index in [9.17, 15) is 4.79 Å². The first-order chi connectivity index (χ1) is 6.72. The van der Waals surface area contributed by atoms with Gasteiger partial charge in [0, 0.05) is 18.0 Å². The van der Waals surface area contributed by atoms with Crippen LogP contribution in [0.4, 0.5) is 0 Å². The highest BCUT2D eigenvalue weighted by Crippen LogP contribution is 2.14. The second-order valence-electron chi connectivity index (χ2n) is 3.01. The van der Waals surface area contributed by atoms with Gasteiger partial charge in [-0.15, -0.1) is 0 Å². The molecular formula is C10H10N2O2. The van der Waals surface area contributed by atoms with Gasteiger partial charge in [-0.3, -0.25) is 9.20 Å². The molecule has 0 saturated carbocycles. The van der Waals surface area contributed by atoms with E-state index in [1.807, 2.05) is 0 Å². The second kappa shape index (κ2) is 3.14. The van der Waals surface area contributed by atoms with Crippen molar-refractivity contribution in [2.45, 2.75) is 6.92 Å². The van der Waals surface area contributed by atoms with E-state index in [1.54, 1.807) is 32.4 Å². The van der Waals surface area contributed by atoms with Gasteiger partial charge in [-0.2, -0.15) is 0 Å². The summed E-state index contributed by atoms with van der Waals surface area (Å²) >= 11 is 0. The molecule has 0 amide bonds. The van der Waals surface area contributed by atoms with Crippen molar-refractivity contribution < 1.29 is 4.74 Å². The Balaban J connectivity index is 2.94. The van der Waals surface area contributed by atoms with E-state index >= 15 is 0 Å². The fourth-order valence-corrected chi connectivity index (χ4v) is 1.37. The predicted octanol–water partition coefficient (Wildman–Crippen LogP) is 1.01. The molecule has 14 heavy (non-hydrogen) atoms. The second-order valence-corrected chi connectivity index (χ2v) is 3.01. The number of ether oxygens (including phenoxy) is 1. The minimum atomic E-state index is -0.0913. The van der Waals surface area contributed by atoms with E-state index in [2.05, 4.69) is 4.98 Å². The Morgan fingerprint density at radius 1 is 1.50 bits per heavy atom. The lowest BCUT2D eigenvalue weighted by Crippen LogP contribution is -2.14. The lowest BCUT2D eigenvalue weighted by atomic mass is 10.4. The molecule has 0 N–H and O–H groups in total. The third kappa shape index (κ3) is 1.25. The molecule has 72 valence electrons. The van der Waals surface area contributed by atoms with Crippen molar-refractivity contribution >= 4 is 5.65 Å². The molecule has 0 fully saturated rings. The number of nitrogens with zero attached hydrogens (tertiary/aromatic N) is 2. The van der Waals surface area contributed by atoms with Crippen LogP contribution in [0, 0.1) is 6.92 Å². The summed E-state index contributed by atoms with van der Waals surface area (Å²) in [4.78, 5) is 15.8. The van der Waals surface area contributed by atoms with Crippen molar-refractivity contribution in [2.75, 3.05) is 7.11 Å². The smallest absolute Gasteiger partial charge is 0.258 e. The van der Waals surface area contributed by atoms with Crippen molar-refractivity contribution in [3.63, 3.8) is 0 Å². The summed E-state index contributed by atoms with van der Waals surface area (Å²) < 4.78 is 6.58. The molecule has 0 aliphatic rings. The molecule has 0 aliphatic carbocycles. The zero-order chi connectivity index (χ0) is 10.1. The van der Waals surface area contributed by atoms with Crippen LogP contribution in [0.25, 0.3) is 5.65 Å². The Bertz CT molecular complexity index is 531. The largest absolute Gasteiger partial charge is 0.493 e. The van der Waals surface area contributed by atoms with Gasteiger partial charge in [-0.1, -0.05) is 0 Å². The van der Waals surface area contributed by atoms with Gasteiger partial charge in [0.05, 0.1) is 7.11 Å². The number of fused-ring (bicyclic) bond motifs is 1. The number of rotatable bonds is 1. The maximum absolute atomic E-state index is 11.5. The maximum Gasteiger partial charge on any atom is 0.258 e. The van der Waals surface area contributed by atoms with E-state index in [0.29, 0.717) is 17.1 Å². The molecule has 0 radical (unpaired) electrons. The van der Waals surface area contributed by atoms with Crippen molar-refractivity contribution in [3.05, 3.63) is 40.4 Å². The molecule has 4 nitrogen and oxygen atoms in total. The minimum absolute atomic E-state index is 0.0913. The Morgan fingerprint density at radius 3 is 3.00 bits per heavy atom. The van der Waals surface area contributed by atoms with Crippen LogP contribution in [-0.2, 0) is 0 Å². The number of methoxy groups -OCH3 is 1. The maximum atomic E-state index is 11.5. The van der Waals surface area contributed by atoms with E-state index < -0.39 is 0 Å². The van der Waals surface area contributed by atoms with Crippen LogP contribution in [-0.4, -0.2) is 16.5 Å². The molecule has 0 atom stereocenters. The molecule has 0 bridgehead atoms. The average Bonchev–Trinajstić information content (AvgIpc) is 2.17. The standard InChI is InChI=1S/C10H10N2O2/c1-7-6-9(13)12-5-3-4-8(14-2)10(12)11-7/h3-6H,1-2H3. The molecule has 4 heteroatoms. The molecule has 2 aromatic rings. The molecule has 0 aromatic carbocycles. The fraction of sp³-hybridized carbons (Fsp3) is 0.200. The zero-order valence-electron chi connectivity index (χ0n) is 8.02. The third-order valence-electron chi connectivity index (χ3n) is 2.00. The third-order valence-corrected chi connectivity index (χ3v) is 2.00. The highest BCUT2D eigenvalue weighted by Gasteiger charge is 2.03. The first kappa shape index (κ1) is 8.74. The molecule has 0 spiro atoms. The Labute approximate surface area is 80.8 Å². The highest BCUT2D eigenvalue weighted by atomic mass is 16.5. The summed E-state index contributed by atoms with van der Waals surface area (Å²) in [7, 11) is 1.56. The van der Waals surface area contributed by atoms with Gasteiger partial charge < -0.3 is 4.74 Å². The Morgan fingerprint density at radius 2 is 2.29 bits per heavy atom. The summed E-state index contributed by atoms with van der Waals surface area (Å²) in [6.45, 7) is 1.79. The zero-order valence-corrected chi connectivity index (χ0v) is 8.02. The van der Waals surface area contributed by atoms with E-state index in [4.69, 9.17) is 4.74 Å². The lowest BCUT2D eigenvalue weighted by Gasteiger charge is -2.05. The number of hydrogen-bond donors (Lipinski definition) is 0. The minimum Gasteiger partial charge on any atom is -0.493 e. The van der Waals surface area contributed by atoms with Crippen molar-refractivity contribution in [3.8, 4) is 5.75 Å². The van der Waals surface area contributed by atoms with Crippen molar-refractivity contribution in [2.24, 2.45) is 0 Å². The molecule has 2 rings (SSSR count).